The average Bonchev–Trinajstić information content (AvgIpc) is 2.96. The van der Waals surface area contributed by atoms with Crippen molar-refractivity contribution in [3.8, 4) is 5.75 Å². The second-order valence-electron chi connectivity index (χ2n) is 6.28. The topological polar surface area (TPSA) is 70.6 Å². The summed E-state index contributed by atoms with van der Waals surface area (Å²) in [7, 11) is 0. The quantitative estimate of drug-likeness (QED) is 0.797. The molecule has 0 radical (unpaired) electrons. The highest BCUT2D eigenvalue weighted by Crippen LogP contribution is 2.34. The van der Waals surface area contributed by atoms with E-state index in [0.717, 1.165) is 25.7 Å². The van der Waals surface area contributed by atoms with Crippen LogP contribution >= 0.6 is 0 Å². The number of para-hydroxylation sites is 1. The molecule has 23 heavy (non-hydrogen) atoms. The third-order valence-corrected chi connectivity index (χ3v) is 4.81. The van der Waals surface area contributed by atoms with Crippen LogP contribution in [0, 0.1) is 11.7 Å². The molecule has 1 aliphatic heterocycles. The van der Waals surface area contributed by atoms with E-state index in [-0.39, 0.29) is 30.5 Å². The Bertz CT molecular complexity index is 567. The maximum absolute atomic E-state index is 13.8. The number of urea groups is 1. The van der Waals surface area contributed by atoms with Gasteiger partial charge in [-0.3, -0.25) is 0 Å². The molecule has 0 spiro atoms. The van der Waals surface area contributed by atoms with Gasteiger partial charge in [0.25, 0.3) is 0 Å². The lowest BCUT2D eigenvalue weighted by Crippen LogP contribution is -2.45. The molecule has 2 aliphatic rings. The monoisotopic (exact) mass is 322 g/mol. The van der Waals surface area contributed by atoms with Crippen molar-refractivity contribution in [3.05, 3.63) is 29.6 Å². The first-order valence-electron chi connectivity index (χ1n) is 8.28. The SMILES string of the molecule is O=C(N[C@H]1CCOc2c(F)cccc21)N[C@@H]1CCC[C@H]1CCO. The van der Waals surface area contributed by atoms with E-state index in [2.05, 4.69) is 10.6 Å². The summed E-state index contributed by atoms with van der Waals surface area (Å²) in [6, 6.07) is 4.40. The van der Waals surface area contributed by atoms with E-state index in [4.69, 9.17) is 9.84 Å². The van der Waals surface area contributed by atoms with E-state index < -0.39 is 5.82 Å². The lowest BCUT2D eigenvalue weighted by atomic mass is 9.99. The minimum Gasteiger partial charge on any atom is -0.490 e. The Labute approximate surface area is 135 Å². The number of carbonyl (C=O) groups excluding carboxylic acids is 1. The van der Waals surface area contributed by atoms with Gasteiger partial charge in [0, 0.05) is 24.6 Å². The highest BCUT2D eigenvalue weighted by atomic mass is 19.1. The summed E-state index contributed by atoms with van der Waals surface area (Å²) in [5.74, 6) is 0.182. The predicted molar refractivity (Wildman–Crippen MR) is 83.8 cm³/mol. The molecule has 2 amide bonds. The van der Waals surface area contributed by atoms with Crippen molar-refractivity contribution in [2.24, 2.45) is 5.92 Å². The van der Waals surface area contributed by atoms with Crippen molar-refractivity contribution < 1.29 is 19.0 Å². The lowest BCUT2D eigenvalue weighted by Gasteiger charge is -2.28. The molecule has 3 N–H and O–H groups in total. The number of rotatable bonds is 4. The van der Waals surface area contributed by atoms with E-state index in [1.807, 2.05) is 0 Å². The third-order valence-electron chi connectivity index (χ3n) is 4.81. The minimum absolute atomic E-state index is 0.106. The van der Waals surface area contributed by atoms with Crippen molar-refractivity contribution >= 4 is 6.03 Å². The molecule has 0 bridgehead atoms. The number of halogens is 1. The average molecular weight is 322 g/mol. The zero-order chi connectivity index (χ0) is 16.2. The number of carbonyl (C=O) groups is 1. The molecule has 126 valence electrons. The first-order chi connectivity index (χ1) is 11.2. The normalized spacial score (nSPS) is 26.3. The van der Waals surface area contributed by atoms with E-state index in [1.165, 1.54) is 6.07 Å². The minimum atomic E-state index is -0.395. The number of fused-ring (bicyclic) bond motifs is 1. The van der Waals surface area contributed by atoms with Gasteiger partial charge in [0.1, 0.15) is 0 Å². The second kappa shape index (κ2) is 7.17. The van der Waals surface area contributed by atoms with E-state index in [9.17, 15) is 9.18 Å². The van der Waals surface area contributed by atoms with Gasteiger partial charge in [0.2, 0.25) is 0 Å². The van der Waals surface area contributed by atoms with Gasteiger partial charge in [-0.2, -0.15) is 0 Å². The fraction of sp³-hybridized carbons (Fsp3) is 0.588. The van der Waals surface area contributed by atoms with Crippen LogP contribution < -0.4 is 15.4 Å². The number of aliphatic hydroxyl groups is 1. The Morgan fingerprint density at radius 2 is 2.17 bits per heavy atom. The number of ether oxygens (including phenoxy) is 1. The number of nitrogens with one attached hydrogen (secondary N) is 2. The van der Waals surface area contributed by atoms with Gasteiger partial charge in [-0.15, -0.1) is 0 Å². The second-order valence-corrected chi connectivity index (χ2v) is 6.28. The maximum atomic E-state index is 13.8. The number of benzene rings is 1. The van der Waals surface area contributed by atoms with E-state index in [0.29, 0.717) is 24.5 Å². The Hall–Kier alpha value is -1.82. The summed E-state index contributed by atoms with van der Waals surface area (Å²) < 4.78 is 19.1. The van der Waals surface area contributed by atoms with Crippen LogP contribution in [0.3, 0.4) is 0 Å². The van der Waals surface area contributed by atoms with Gasteiger partial charge in [-0.05, 0) is 31.2 Å². The molecule has 3 rings (SSSR count). The fourth-order valence-corrected chi connectivity index (χ4v) is 3.64. The lowest BCUT2D eigenvalue weighted by molar-refractivity contribution is 0.209. The number of hydrogen-bond donors (Lipinski definition) is 3. The Morgan fingerprint density at radius 3 is 3.00 bits per heavy atom. The smallest absolute Gasteiger partial charge is 0.315 e. The van der Waals surface area contributed by atoms with Crippen molar-refractivity contribution in [1.29, 1.82) is 0 Å². The zero-order valence-electron chi connectivity index (χ0n) is 13.1. The Morgan fingerprint density at radius 1 is 1.30 bits per heavy atom. The van der Waals surface area contributed by atoms with Crippen LogP contribution in [0.2, 0.25) is 0 Å². The summed E-state index contributed by atoms with van der Waals surface area (Å²) >= 11 is 0. The molecule has 6 heteroatoms. The molecule has 1 aliphatic carbocycles. The van der Waals surface area contributed by atoms with Crippen LogP contribution in [0.25, 0.3) is 0 Å². The number of amides is 2. The van der Waals surface area contributed by atoms with Gasteiger partial charge in [0.05, 0.1) is 12.6 Å². The zero-order valence-corrected chi connectivity index (χ0v) is 13.1. The van der Waals surface area contributed by atoms with Crippen molar-refractivity contribution in [2.45, 2.75) is 44.2 Å². The standard InChI is InChI=1S/C17H23FN2O3/c18-13-5-2-4-12-15(8-10-23-16(12)13)20-17(22)19-14-6-1-3-11(14)7-9-21/h2,4-5,11,14-15,21H,1,3,6-10H2,(H2,19,20,22)/t11-,14+,15-/m0/s1. The Kier molecular flexibility index (Phi) is 5.00. The Balaban J connectivity index is 1.62. The van der Waals surface area contributed by atoms with E-state index >= 15 is 0 Å². The summed E-state index contributed by atoms with van der Waals surface area (Å²) in [6.07, 6.45) is 4.39. The summed E-state index contributed by atoms with van der Waals surface area (Å²) in [5, 5.41) is 15.0. The van der Waals surface area contributed by atoms with Crippen LogP contribution in [-0.4, -0.2) is 30.4 Å². The molecular weight excluding hydrogens is 299 g/mol. The largest absolute Gasteiger partial charge is 0.490 e. The molecule has 3 atom stereocenters. The van der Waals surface area contributed by atoms with Crippen molar-refractivity contribution in [1.82, 2.24) is 10.6 Å². The molecule has 0 unspecified atom stereocenters. The molecule has 0 aromatic heterocycles. The first kappa shape index (κ1) is 16.1. The van der Waals surface area contributed by atoms with Crippen LogP contribution in [0.4, 0.5) is 9.18 Å². The summed E-state index contributed by atoms with van der Waals surface area (Å²) in [6.45, 7) is 0.534. The van der Waals surface area contributed by atoms with Gasteiger partial charge >= 0.3 is 6.03 Å². The van der Waals surface area contributed by atoms with Crippen LogP contribution in [0.5, 0.6) is 5.75 Å². The number of aliphatic hydroxyl groups excluding tert-OH is 1. The molecule has 1 fully saturated rings. The molecular formula is C17H23FN2O3. The van der Waals surface area contributed by atoms with Gasteiger partial charge in [-0.25, -0.2) is 9.18 Å². The van der Waals surface area contributed by atoms with Gasteiger partial charge in [-0.1, -0.05) is 18.6 Å². The number of hydrogen-bond acceptors (Lipinski definition) is 3. The van der Waals surface area contributed by atoms with E-state index in [1.54, 1.807) is 12.1 Å². The molecule has 5 nitrogen and oxygen atoms in total. The molecule has 0 saturated heterocycles. The molecule has 1 heterocycles. The van der Waals surface area contributed by atoms with Crippen LogP contribution in [0.15, 0.2) is 18.2 Å². The molecule has 1 aromatic rings. The van der Waals surface area contributed by atoms with Gasteiger partial charge in [0.15, 0.2) is 11.6 Å². The third kappa shape index (κ3) is 3.58. The van der Waals surface area contributed by atoms with Crippen LogP contribution in [-0.2, 0) is 0 Å². The molecule has 1 aromatic carbocycles. The fourth-order valence-electron chi connectivity index (χ4n) is 3.64. The summed E-state index contributed by atoms with van der Waals surface area (Å²) in [5.41, 5.74) is 0.685. The highest BCUT2D eigenvalue weighted by molar-refractivity contribution is 5.75. The van der Waals surface area contributed by atoms with Crippen molar-refractivity contribution in [3.63, 3.8) is 0 Å². The molecule has 1 saturated carbocycles. The predicted octanol–water partition coefficient (Wildman–Crippen LogP) is 2.50. The highest BCUT2D eigenvalue weighted by Gasteiger charge is 2.30. The van der Waals surface area contributed by atoms with Crippen LogP contribution in [0.1, 0.15) is 43.7 Å². The summed E-state index contributed by atoms with van der Waals surface area (Å²) in [4.78, 5) is 12.3. The van der Waals surface area contributed by atoms with Gasteiger partial charge < -0.3 is 20.5 Å². The maximum Gasteiger partial charge on any atom is 0.315 e. The first-order valence-corrected chi connectivity index (χ1v) is 8.28. The van der Waals surface area contributed by atoms with Crippen molar-refractivity contribution in [2.75, 3.05) is 13.2 Å².